The third kappa shape index (κ3) is 4.18. The van der Waals surface area contributed by atoms with Crippen LogP contribution in [0.3, 0.4) is 0 Å². The molecule has 0 aliphatic rings. The van der Waals surface area contributed by atoms with Gasteiger partial charge in [0, 0.05) is 12.7 Å². The quantitative estimate of drug-likeness (QED) is 0.829. The normalized spacial score (nSPS) is 9.89. The van der Waals surface area contributed by atoms with Gasteiger partial charge in [0.15, 0.2) is 0 Å². The summed E-state index contributed by atoms with van der Waals surface area (Å²) in [6, 6.07) is 5.35. The van der Waals surface area contributed by atoms with Gasteiger partial charge in [-0.1, -0.05) is 0 Å². The molecule has 0 saturated carbocycles. The van der Waals surface area contributed by atoms with Crippen molar-refractivity contribution in [3.8, 4) is 0 Å². The molecule has 0 aliphatic heterocycles. The average Bonchev–Trinajstić information content (AvgIpc) is 2.93. The van der Waals surface area contributed by atoms with Crippen molar-refractivity contribution < 1.29 is 9.59 Å². The number of amides is 2. The lowest BCUT2D eigenvalue weighted by Crippen LogP contribution is -2.36. The molecule has 2 heterocycles. The van der Waals surface area contributed by atoms with Crippen LogP contribution in [-0.2, 0) is 16.0 Å². The first-order chi connectivity index (χ1) is 9.25. The highest BCUT2D eigenvalue weighted by Gasteiger charge is 2.12. The molecule has 0 aliphatic carbocycles. The molecular formula is C13H13N3O2S. The summed E-state index contributed by atoms with van der Waals surface area (Å²) in [6.07, 6.45) is 3.79. The van der Waals surface area contributed by atoms with E-state index < -0.39 is 11.8 Å². The Kier molecular flexibility index (Phi) is 4.63. The van der Waals surface area contributed by atoms with Gasteiger partial charge in [-0.25, -0.2) is 0 Å². The van der Waals surface area contributed by atoms with Gasteiger partial charge in [-0.15, -0.1) is 0 Å². The maximum atomic E-state index is 11.6. The largest absolute Gasteiger partial charge is 0.347 e. The molecule has 0 spiro atoms. The zero-order valence-electron chi connectivity index (χ0n) is 10.1. The molecule has 0 atom stereocenters. The number of pyridine rings is 1. The zero-order valence-corrected chi connectivity index (χ0v) is 10.9. The van der Waals surface area contributed by atoms with E-state index in [0.717, 1.165) is 12.0 Å². The van der Waals surface area contributed by atoms with E-state index in [9.17, 15) is 9.59 Å². The standard InChI is InChI=1S/C13H13N3O2S/c17-12(15-6-3-10-4-7-19-9-10)13(18)16-11-2-1-5-14-8-11/h1-2,4-5,7-9H,3,6H2,(H,15,17)(H,16,18). The van der Waals surface area contributed by atoms with Crippen LogP contribution in [0.2, 0.25) is 0 Å². The fourth-order valence-electron chi connectivity index (χ4n) is 1.46. The molecule has 2 aromatic heterocycles. The van der Waals surface area contributed by atoms with Crippen molar-refractivity contribution in [1.82, 2.24) is 10.3 Å². The maximum Gasteiger partial charge on any atom is 0.313 e. The lowest BCUT2D eigenvalue weighted by Gasteiger charge is -2.05. The molecule has 0 saturated heterocycles. The van der Waals surface area contributed by atoms with Crippen molar-refractivity contribution in [3.05, 3.63) is 46.9 Å². The Morgan fingerprint density at radius 3 is 2.84 bits per heavy atom. The summed E-state index contributed by atoms with van der Waals surface area (Å²) in [5.74, 6) is -1.32. The number of nitrogens with one attached hydrogen (secondary N) is 2. The molecule has 0 aromatic carbocycles. The molecule has 0 unspecified atom stereocenters. The van der Waals surface area contributed by atoms with E-state index in [-0.39, 0.29) is 0 Å². The number of nitrogens with zero attached hydrogens (tertiary/aromatic N) is 1. The lowest BCUT2D eigenvalue weighted by molar-refractivity contribution is -0.136. The number of anilines is 1. The topological polar surface area (TPSA) is 71.1 Å². The van der Waals surface area contributed by atoms with Crippen molar-refractivity contribution in [2.45, 2.75) is 6.42 Å². The van der Waals surface area contributed by atoms with Crippen molar-refractivity contribution >= 4 is 28.8 Å². The molecule has 98 valence electrons. The Labute approximate surface area is 114 Å². The first kappa shape index (κ1) is 13.2. The number of carbonyl (C=O) groups excluding carboxylic acids is 2. The summed E-state index contributed by atoms with van der Waals surface area (Å²) in [7, 11) is 0. The number of aromatic nitrogens is 1. The molecule has 2 amide bonds. The predicted octanol–water partition coefficient (Wildman–Crippen LogP) is 1.44. The molecular weight excluding hydrogens is 262 g/mol. The second-order valence-electron chi connectivity index (χ2n) is 3.83. The Bertz CT molecular complexity index is 540. The van der Waals surface area contributed by atoms with Crippen LogP contribution < -0.4 is 10.6 Å². The van der Waals surface area contributed by atoms with Gasteiger partial charge in [-0.3, -0.25) is 14.6 Å². The molecule has 2 rings (SSSR count). The van der Waals surface area contributed by atoms with Gasteiger partial charge in [0.1, 0.15) is 0 Å². The highest BCUT2D eigenvalue weighted by Crippen LogP contribution is 2.05. The number of hydrogen-bond acceptors (Lipinski definition) is 4. The van der Waals surface area contributed by atoms with Crippen molar-refractivity contribution in [3.63, 3.8) is 0 Å². The summed E-state index contributed by atoms with van der Waals surface area (Å²) in [4.78, 5) is 26.9. The van der Waals surface area contributed by atoms with E-state index in [4.69, 9.17) is 0 Å². The lowest BCUT2D eigenvalue weighted by atomic mass is 10.2. The van der Waals surface area contributed by atoms with E-state index >= 15 is 0 Å². The Hall–Kier alpha value is -2.21. The van der Waals surface area contributed by atoms with Crippen LogP contribution in [0.5, 0.6) is 0 Å². The highest BCUT2D eigenvalue weighted by molar-refractivity contribution is 7.07. The van der Waals surface area contributed by atoms with Crippen LogP contribution in [-0.4, -0.2) is 23.3 Å². The third-order valence-electron chi connectivity index (χ3n) is 2.40. The predicted molar refractivity (Wildman–Crippen MR) is 73.9 cm³/mol. The van der Waals surface area contributed by atoms with E-state index in [1.165, 1.54) is 6.20 Å². The summed E-state index contributed by atoms with van der Waals surface area (Å²) >= 11 is 1.61. The molecule has 0 fully saturated rings. The molecule has 6 heteroatoms. The van der Waals surface area contributed by atoms with E-state index in [2.05, 4.69) is 15.6 Å². The van der Waals surface area contributed by atoms with Crippen molar-refractivity contribution in [2.24, 2.45) is 0 Å². The smallest absolute Gasteiger partial charge is 0.313 e. The van der Waals surface area contributed by atoms with Gasteiger partial charge in [0.25, 0.3) is 0 Å². The molecule has 2 aromatic rings. The van der Waals surface area contributed by atoms with Crippen LogP contribution in [0, 0.1) is 0 Å². The van der Waals surface area contributed by atoms with Gasteiger partial charge >= 0.3 is 11.8 Å². The van der Waals surface area contributed by atoms with Crippen molar-refractivity contribution in [1.29, 1.82) is 0 Å². The molecule has 0 bridgehead atoms. The monoisotopic (exact) mass is 275 g/mol. The van der Waals surface area contributed by atoms with Crippen LogP contribution >= 0.6 is 11.3 Å². The van der Waals surface area contributed by atoms with Gasteiger partial charge in [-0.05, 0) is 40.9 Å². The molecule has 19 heavy (non-hydrogen) atoms. The first-order valence-electron chi connectivity index (χ1n) is 5.76. The number of thiophene rings is 1. The van der Waals surface area contributed by atoms with Gasteiger partial charge in [0.05, 0.1) is 11.9 Å². The fraction of sp³-hybridized carbons (Fsp3) is 0.154. The number of hydrogen-bond donors (Lipinski definition) is 2. The second-order valence-corrected chi connectivity index (χ2v) is 4.61. The molecule has 2 N–H and O–H groups in total. The van der Waals surface area contributed by atoms with Crippen LogP contribution in [0.1, 0.15) is 5.56 Å². The maximum absolute atomic E-state index is 11.6. The zero-order chi connectivity index (χ0) is 13.5. The summed E-state index contributed by atoms with van der Waals surface area (Å²) in [5.41, 5.74) is 1.65. The first-order valence-corrected chi connectivity index (χ1v) is 6.70. The van der Waals surface area contributed by atoms with Crippen LogP contribution in [0.4, 0.5) is 5.69 Å². The molecule has 0 radical (unpaired) electrons. The summed E-state index contributed by atoms with van der Waals surface area (Å²) < 4.78 is 0. The Balaban J connectivity index is 1.75. The number of rotatable bonds is 4. The minimum absolute atomic E-state index is 0.441. The van der Waals surface area contributed by atoms with E-state index in [1.54, 1.807) is 29.7 Å². The third-order valence-corrected chi connectivity index (χ3v) is 3.14. The summed E-state index contributed by atoms with van der Waals surface area (Å²) in [5, 5.41) is 9.04. The van der Waals surface area contributed by atoms with E-state index in [0.29, 0.717) is 12.2 Å². The Morgan fingerprint density at radius 2 is 2.16 bits per heavy atom. The fourth-order valence-corrected chi connectivity index (χ4v) is 2.16. The van der Waals surface area contributed by atoms with Gasteiger partial charge in [0.2, 0.25) is 0 Å². The minimum atomic E-state index is -0.682. The van der Waals surface area contributed by atoms with Crippen molar-refractivity contribution in [2.75, 3.05) is 11.9 Å². The van der Waals surface area contributed by atoms with Crippen LogP contribution in [0.15, 0.2) is 41.4 Å². The second kappa shape index (κ2) is 6.65. The minimum Gasteiger partial charge on any atom is -0.347 e. The van der Waals surface area contributed by atoms with Gasteiger partial charge < -0.3 is 10.6 Å². The summed E-state index contributed by atoms with van der Waals surface area (Å²) in [6.45, 7) is 0.441. The Morgan fingerprint density at radius 1 is 1.26 bits per heavy atom. The van der Waals surface area contributed by atoms with Gasteiger partial charge in [-0.2, -0.15) is 11.3 Å². The average molecular weight is 275 g/mol. The molecule has 5 nitrogen and oxygen atoms in total. The number of carbonyl (C=O) groups is 2. The van der Waals surface area contributed by atoms with E-state index in [1.807, 2.05) is 16.8 Å². The highest BCUT2D eigenvalue weighted by atomic mass is 32.1. The SMILES string of the molecule is O=C(NCCc1ccsc1)C(=O)Nc1cccnc1. The van der Waals surface area contributed by atoms with Crippen LogP contribution in [0.25, 0.3) is 0 Å².